The molecule has 0 radical (unpaired) electrons. The number of aliphatic hydroxyl groups excluding tert-OH is 1. The Morgan fingerprint density at radius 1 is 0.792 bits per heavy atom. The fourth-order valence-corrected chi connectivity index (χ4v) is 5.87. The summed E-state index contributed by atoms with van der Waals surface area (Å²) in [5, 5.41) is 13.0. The Labute approximate surface area is 279 Å². The first-order valence-electron chi connectivity index (χ1n) is 15.9. The van der Waals surface area contributed by atoms with Gasteiger partial charge in [0.2, 0.25) is 0 Å². The molecule has 0 aliphatic carbocycles. The lowest BCUT2D eigenvalue weighted by molar-refractivity contribution is -0.300. The Morgan fingerprint density at radius 3 is 1.83 bits per heavy atom. The second-order valence-corrected chi connectivity index (χ2v) is 11.7. The number of ether oxygens (including phenoxy) is 6. The number of esters is 2. The van der Waals surface area contributed by atoms with E-state index in [1.54, 1.807) is 24.3 Å². The van der Waals surface area contributed by atoms with Crippen molar-refractivity contribution in [2.24, 2.45) is 11.8 Å². The second kappa shape index (κ2) is 16.9. The summed E-state index contributed by atoms with van der Waals surface area (Å²) in [5.41, 5.74) is 2.29. The third-order valence-electron chi connectivity index (χ3n) is 8.41. The summed E-state index contributed by atoms with van der Waals surface area (Å²) in [6, 6.07) is 25.7. The first-order chi connectivity index (χ1) is 23.4. The van der Waals surface area contributed by atoms with Crippen LogP contribution in [0, 0.1) is 11.8 Å². The maximum absolute atomic E-state index is 13.9. The molecule has 0 unspecified atom stereocenters. The number of nitrogens with one attached hydrogen (secondary N) is 1. The van der Waals surface area contributed by atoms with Crippen LogP contribution in [-0.2, 0) is 46.1 Å². The molecule has 11 heteroatoms. The lowest BCUT2D eigenvalue weighted by atomic mass is 9.92. The molecule has 3 aromatic carbocycles. The molecule has 1 fully saturated rings. The van der Waals surface area contributed by atoms with Gasteiger partial charge in [-0.2, -0.15) is 0 Å². The summed E-state index contributed by atoms with van der Waals surface area (Å²) in [6.45, 7) is -0.609. The Kier molecular flexibility index (Phi) is 12.2. The monoisotopic (exact) mass is 659 g/mol. The number of hydrogen-bond donors (Lipinski definition) is 2. The summed E-state index contributed by atoms with van der Waals surface area (Å²) >= 11 is 0. The van der Waals surface area contributed by atoms with E-state index < -0.39 is 67.2 Å². The number of benzene rings is 3. The minimum absolute atomic E-state index is 0.343. The average molecular weight is 660 g/mol. The number of anilines is 1. The van der Waals surface area contributed by atoms with Crippen LogP contribution >= 0.6 is 0 Å². The minimum atomic E-state index is -1.38. The number of aliphatic hydroxyl groups is 1. The van der Waals surface area contributed by atoms with Crippen LogP contribution in [-0.4, -0.2) is 74.7 Å². The van der Waals surface area contributed by atoms with Crippen molar-refractivity contribution in [2.45, 2.75) is 56.4 Å². The Hall–Kier alpha value is -4.71. The third kappa shape index (κ3) is 9.00. The van der Waals surface area contributed by atoms with Gasteiger partial charge >= 0.3 is 18.0 Å². The number of carbonyl (C=O) groups is 3. The number of hydrogen-bond acceptors (Lipinski definition) is 10. The first-order valence-corrected chi connectivity index (χ1v) is 15.9. The number of allylic oxidation sites excluding steroid dienone is 2. The van der Waals surface area contributed by atoms with Gasteiger partial charge in [-0.25, -0.2) is 4.79 Å². The van der Waals surface area contributed by atoms with Crippen molar-refractivity contribution in [3.8, 4) is 5.75 Å². The summed E-state index contributed by atoms with van der Waals surface area (Å²) in [6.07, 6.45) is -2.13. The van der Waals surface area contributed by atoms with Gasteiger partial charge in [0, 0.05) is 12.8 Å². The van der Waals surface area contributed by atoms with Gasteiger partial charge in [-0.1, -0.05) is 72.8 Å². The maximum atomic E-state index is 13.9. The zero-order chi connectivity index (χ0) is 33.9. The summed E-state index contributed by atoms with van der Waals surface area (Å²) < 4.78 is 34.7. The van der Waals surface area contributed by atoms with Crippen molar-refractivity contribution in [3.05, 3.63) is 108 Å². The van der Waals surface area contributed by atoms with Gasteiger partial charge in [-0.3, -0.25) is 14.9 Å². The summed E-state index contributed by atoms with van der Waals surface area (Å²) in [7, 11) is 2.88. The molecule has 48 heavy (non-hydrogen) atoms. The largest absolute Gasteiger partial charge is 0.497 e. The van der Waals surface area contributed by atoms with E-state index in [0.29, 0.717) is 37.1 Å². The molecule has 3 aromatic rings. The van der Waals surface area contributed by atoms with E-state index in [9.17, 15) is 19.5 Å². The molecule has 0 aromatic heterocycles. The molecule has 0 saturated carbocycles. The third-order valence-corrected chi connectivity index (χ3v) is 8.41. The van der Waals surface area contributed by atoms with E-state index in [1.165, 1.54) is 14.2 Å². The zero-order valence-corrected chi connectivity index (χ0v) is 26.9. The highest BCUT2D eigenvalue weighted by Crippen LogP contribution is 2.32. The molecule has 0 spiro atoms. The van der Waals surface area contributed by atoms with Crippen LogP contribution in [0.5, 0.6) is 5.75 Å². The van der Waals surface area contributed by atoms with Crippen LogP contribution in [0.2, 0.25) is 0 Å². The van der Waals surface area contributed by atoms with E-state index >= 15 is 0 Å². The molecular weight excluding hydrogens is 618 g/mol. The lowest BCUT2D eigenvalue weighted by Crippen LogP contribution is -2.63. The number of methoxy groups -OCH3 is 2. The minimum Gasteiger partial charge on any atom is -0.497 e. The molecular formula is C37H41NO10. The molecule has 0 bridgehead atoms. The van der Waals surface area contributed by atoms with E-state index in [2.05, 4.69) is 5.32 Å². The van der Waals surface area contributed by atoms with E-state index in [1.807, 2.05) is 72.8 Å². The smallest absolute Gasteiger partial charge is 0.412 e. The average Bonchev–Trinajstić information content (AvgIpc) is 3.11. The Morgan fingerprint density at radius 2 is 1.33 bits per heavy atom. The Balaban J connectivity index is 1.48. The van der Waals surface area contributed by atoms with Gasteiger partial charge < -0.3 is 33.5 Å². The van der Waals surface area contributed by atoms with Crippen LogP contribution in [0.4, 0.5) is 10.5 Å². The van der Waals surface area contributed by atoms with Crippen molar-refractivity contribution < 1.29 is 47.9 Å². The van der Waals surface area contributed by atoms with Gasteiger partial charge in [-0.15, -0.1) is 0 Å². The van der Waals surface area contributed by atoms with Crippen molar-refractivity contribution in [1.82, 2.24) is 0 Å². The molecule has 2 aliphatic heterocycles. The van der Waals surface area contributed by atoms with Gasteiger partial charge in [0.15, 0.2) is 24.6 Å². The normalized spacial score (nSPS) is 26.8. The second-order valence-electron chi connectivity index (χ2n) is 11.7. The molecule has 2 heterocycles. The number of carbonyl (C=O) groups excluding carboxylic acids is 3. The van der Waals surface area contributed by atoms with Crippen LogP contribution in [0.3, 0.4) is 0 Å². The quantitative estimate of drug-likeness (QED) is 0.186. The predicted octanol–water partition coefficient (Wildman–Crippen LogP) is 4.87. The molecule has 1 saturated heterocycles. The summed E-state index contributed by atoms with van der Waals surface area (Å²) in [5.74, 6) is -1.76. The van der Waals surface area contributed by atoms with Gasteiger partial charge in [-0.05, 0) is 61.1 Å². The van der Waals surface area contributed by atoms with Crippen molar-refractivity contribution >= 4 is 23.7 Å². The van der Waals surface area contributed by atoms with E-state index in [0.717, 1.165) is 11.1 Å². The fraction of sp³-hybridized carbons (Fsp3) is 0.378. The van der Waals surface area contributed by atoms with Gasteiger partial charge in [0.25, 0.3) is 0 Å². The number of fused-ring (bicyclic) bond motifs is 1. The van der Waals surface area contributed by atoms with Crippen LogP contribution in [0.25, 0.3) is 0 Å². The SMILES string of the molecule is COc1ccc(NC(=O)O[C@H]2[C@@H]3OC(=O)[C@H](Cc4ccccc4)C/C=C\C[C@@H](Cc4ccccc4)C(=O)O[C@H]3[C@@H](OC)O[C@@H]2CO)cc1. The predicted molar refractivity (Wildman–Crippen MR) is 175 cm³/mol. The lowest BCUT2D eigenvalue weighted by Gasteiger charge is -2.44. The molecule has 2 aliphatic rings. The molecule has 11 nitrogen and oxygen atoms in total. The van der Waals surface area contributed by atoms with Gasteiger partial charge in [0.05, 0.1) is 25.6 Å². The topological polar surface area (TPSA) is 139 Å². The zero-order valence-electron chi connectivity index (χ0n) is 26.9. The van der Waals surface area contributed by atoms with E-state index in [-0.39, 0.29) is 0 Å². The number of amides is 1. The molecule has 1 amide bonds. The highest BCUT2D eigenvalue weighted by atomic mass is 16.7. The molecule has 7 atom stereocenters. The Bertz CT molecular complexity index is 1510. The van der Waals surface area contributed by atoms with Crippen LogP contribution in [0.15, 0.2) is 97.1 Å². The van der Waals surface area contributed by atoms with Crippen molar-refractivity contribution in [3.63, 3.8) is 0 Å². The standard InChI is InChI=1S/C37H41NO10/c1-43-29-19-17-28(18-20-29)38-37(42)48-31-30(23-39)45-36(44-2)33-32(31)46-34(40)26(21-24-11-5-3-6-12-24)15-9-10-16-27(35(41)47-33)22-25-13-7-4-8-14-25/h3-14,17-20,26-27,30-33,36,39H,15-16,21-23H2,1-2H3,(H,38,42)/b10-9-/t26-,27-,30+,31+,32-,33+,36-/m0/s1. The molecule has 254 valence electrons. The molecule has 2 N–H and O–H groups in total. The first kappa shape index (κ1) is 34.6. The van der Waals surface area contributed by atoms with Crippen molar-refractivity contribution in [2.75, 3.05) is 26.1 Å². The van der Waals surface area contributed by atoms with Crippen LogP contribution < -0.4 is 10.1 Å². The van der Waals surface area contributed by atoms with Crippen molar-refractivity contribution in [1.29, 1.82) is 0 Å². The highest BCUT2D eigenvalue weighted by molar-refractivity contribution is 5.85. The highest BCUT2D eigenvalue weighted by Gasteiger charge is 2.53. The fourth-order valence-electron chi connectivity index (χ4n) is 5.87. The van der Waals surface area contributed by atoms with E-state index in [4.69, 9.17) is 28.4 Å². The van der Waals surface area contributed by atoms with Crippen LogP contribution in [0.1, 0.15) is 24.0 Å². The van der Waals surface area contributed by atoms with Gasteiger partial charge in [0.1, 0.15) is 11.9 Å². The maximum Gasteiger partial charge on any atom is 0.412 e. The summed E-state index contributed by atoms with van der Waals surface area (Å²) in [4.78, 5) is 41.0. The number of rotatable bonds is 9. The molecule has 5 rings (SSSR count).